The fourth-order valence-electron chi connectivity index (χ4n) is 3.40. The third-order valence-electron chi connectivity index (χ3n) is 4.79. The van der Waals surface area contributed by atoms with Gasteiger partial charge in [0.15, 0.2) is 12.3 Å². The van der Waals surface area contributed by atoms with Crippen LogP contribution in [0.4, 0.5) is 0 Å². The molecule has 1 saturated heterocycles. The fraction of sp³-hybridized carbons (Fsp3) is 0.350. The van der Waals surface area contributed by atoms with Crippen LogP contribution in [0, 0.1) is 6.92 Å². The molecule has 0 bridgehead atoms. The lowest BCUT2D eigenvalue weighted by Gasteiger charge is -2.30. The number of oxazole rings is 2. The van der Waals surface area contributed by atoms with E-state index in [-0.39, 0.29) is 11.8 Å². The van der Waals surface area contributed by atoms with E-state index in [0.717, 1.165) is 25.0 Å². The molecule has 3 aromatic rings. The number of aryl methyl sites for hydroxylation is 1. The lowest BCUT2D eigenvalue weighted by atomic mass is 9.97. The highest BCUT2D eigenvalue weighted by atomic mass is 16.4. The summed E-state index contributed by atoms with van der Waals surface area (Å²) in [6, 6.07) is 10.2. The first kappa shape index (κ1) is 16.6. The number of nitrogens with zero attached hydrogens (tertiary/aromatic N) is 3. The second-order valence-electron chi connectivity index (χ2n) is 6.68. The summed E-state index contributed by atoms with van der Waals surface area (Å²) < 4.78 is 11.2. The minimum absolute atomic E-state index is 0.110. The van der Waals surface area contributed by atoms with Gasteiger partial charge in [-0.25, -0.2) is 9.97 Å². The topological polar surface area (TPSA) is 72.4 Å². The Morgan fingerprint density at radius 3 is 2.88 bits per heavy atom. The van der Waals surface area contributed by atoms with Crippen LogP contribution in [0.5, 0.6) is 0 Å². The summed E-state index contributed by atoms with van der Waals surface area (Å²) in [5.74, 6) is 1.88. The normalized spacial score (nSPS) is 17.4. The van der Waals surface area contributed by atoms with Gasteiger partial charge in [-0.15, -0.1) is 0 Å². The summed E-state index contributed by atoms with van der Waals surface area (Å²) >= 11 is 0. The van der Waals surface area contributed by atoms with Crippen molar-refractivity contribution in [1.29, 1.82) is 0 Å². The van der Waals surface area contributed by atoms with Gasteiger partial charge in [-0.05, 0) is 25.3 Å². The van der Waals surface area contributed by atoms with E-state index in [1.807, 2.05) is 23.1 Å². The number of likely N-dealkylation sites (tertiary alicyclic amines) is 1. The minimum Gasteiger partial charge on any atom is -0.445 e. The molecular weight excluding hydrogens is 330 g/mol. The van der Waals surface area contributed by atoms with Gasteiger partial charge in [-0.2, -0.15) is 0 Å². The molecule has 1 aliphatic heterocycles. The molecule has 1 aromatic carbocycles. The van der Waals surface area contributed by atoms with E-state index in [0.29, 0.717) is 30.4 Å². The van der Waals surface area contributed by atoms with Crippen molar-refractivity contribution in [1.82, 2.24) is 14.9 Å². The van der Waals surface area contributed by atoms with Crippen LogP contribution in [0.1, 0.15) is 52.2 Å². The maximum Gasteiger partial charge on any atom is 0.291 e. The van der Waals surface area contributed by atoms with Crippen LogP contribution in [0.3, 0.4) is 0 Å². The highest BCUT2D eigenvalue weighted by molar-refractivity contribution is 5.92. The van der Waals surface area contributed by atoms with Gasteiger partial charge >= 0.3 is 0 Å². The molecule has 0 aliphatic carbocycles. The number of carbonyl (C=O) groups is 1. The molecule has 1 amide bonds. The van der Waals surface area contributed by atoms with Gasteiger partial charge in [-0.1, -0.05) is 30.3 Å². The smallest absolute Gasteiger partial charge is 0.291 e. The summed E-state index contributed by atoms with van der Waals surface area (Å²) in [4.78, 5) is 22.9. The maximum absolute atomic E-state index is 12.6. The monoisotopic (exact) mass is 351 g/mol. The van der Waals surface area contributed by atoms with Crippen LogP contribution in [-0.2, 0) is 6.42 Å². The predicted octanol–water partition coefficient (Wildman–Crippen LogP) is 3.58. The average Bonchev–Trinajstić information content (AvgIpc) is 3.31. The van der Waals surface area contributed by atoms with Crippen molar-refractivity contribution in [3.8, 4) is 0 Å². The van der Waals surface area contributed by atoms with E-state index in [9.17, 15) is 4.79 Å². The molecule has 6 nitrogen and oxygen atoms in total. The SMILES string of the molecule is Cc1ncoc1C(=O)N1CCC[C@H](c2ncc(Cc3ccccc3)o2)C1. The second kappa shape index (κ2) is 7.15. The lowest BCUT2D eigenvalue weighted by Crippen LogP contribution is -2.39. The van der Waals surface area contributed by atoms with Crippen LogP contribution in [0.25, 0.3) is 0 Å². The Balaban J connectivity index is 1.45. The molecule has 6 heteroatoms. The number of benzene rings is 1. The molecule has 0 unspecified atom stereocenters. The molecule has 1 aliphatic rings. The van der Waals surface area contributed by atoms with E-state index in [2.05, 4.69) is 22.1 Å². The van der Waals surface area contributed by atoms with Crippen molar-refractivity contribution in [2.24, 2.45) is 0 Å². The average molecular weight is 351 g/mol. The number of carbonyl (C=O) groups excluding carboxylic acids is 1. The number of piperidine rings is 1. The molecule has 1 atom stereocenters. The Hall–Kier alpha value is -2.89. The van der Waals surface area contributed by atoms with E-state index in [4.69, 9.17) is 8.83 Å². The van der Waals surface area contributed by atoms with Crippen molar-refractivity contribution >= 4 is 5.91 Å². The summed E-state index contributed by atoms with van der Waals surface area (Å²) in [7, 11) is 0. The highest BCUT2D eigenvalue weighted by Crippen LogP contribution is 2.28. The Morgan fingerprint density at radius 1 is 1.27 bits per heavy atom. The van der Waals surface area contributed by atoms with Gasteiger partial charge in [0, 0.05) is 19.5 Å². The maximum atomic E-state index is 12.6. The molecule has 1 fully saturated rings. The van der Waals surface area contributed by atoms with Gasteiger partial charge in [0.1, 0.15) is 5.76 Å². The predicted molar refractivity (Wildman–Crippen MR) is 94.9 cm³/mol. The molecule has 0 radical (unpaired) electrons. The molecule has 0 N–H and O–H groups in total. The number of amides is 1. The standard InChI is InChI=1S/C20H21N3O3/c1-14-18(25-13-22-14)20(24)23-9-5-8-16(12-23)19-21-11-17(26-19)10-15-6-3-2-4-7-15/h2-4,6-7,11,13,16H,5,8-10,12H2,1H3/t16-/m0/s1. The van der Waals surface area contributed by atoms with Gasteiger partial charge < -0.3 is 13.7 Å². The van der Waals surface area contributed by atoms with Crippen LogP contribution in [0.2, 0.25) is 0 Å². The molecule has 4 rings (SSSR count). The van der Waals surface area contributed by atoms with Gasteiger partial charge in [-0.3, -0.25) is 4.79 Å². The number of aromatic nitrogens is 2. The van der Waals surface area contributed by atoms with Crippen molar-refractivity contribution < 1.29 is 13.6 Å². The first-order chi connectivity index (χ1) is 12.7. The lowest BCUT2D eigenvalue weighted by molar-refractivity contribution is 0.0664. The summed E-state index contributed by atoms with van der Waals surface area (Å²) in [6.45, 7) is 3.08. The molecule has 3 heterocycles. The Kier molecular flexibility index (Phi) is 4.56. The third-order valence-corrected chi connectivity index (χ3v) is 4.79. The number of rotatable bonds is 4. The Morgan fingerprint density at radius 2 is 2.12 bits per heavy atom. The fourth-order valence-corrected chi connectivity index (χ4v) is 3.40. The molecule has 0 spiro atoms. The number of hydrogen-bond acceptors (Lipinski definition) is 5. The van der Waals surface area contributed by atoms with Crippen LogP contribution in [-0.4, -0.2) is 33.9 Å². The minimum atomic E-state index is -0.110. The van der Waals surface area contributed by atoms with Gasteiger partial charge in [0.05, 0.1) is 17.8 Å². The van der Waals surface area contributed by atoms with Crippen molar-refractivity contribution in [2.45, 2.75) is 32.1 Å². The molecule has 0 saturated carbocycles. The zero-order valence-electron chi connectivity index (χ0n) is 14.7. The second-order valence-corrected chi connectivity index (χ2v) is 6.68. The molecular formula is C20H21N3O3. The third kappa shape index (κ3) is 3.40. The van der Waals surface area contributed by atoms with Crippen molar-refractivity contribution in [2.75, 3.05) is 13.1 Å². The zero-order chi connectivity index (χ0) is 17.9. The molecule has 26 heavy (non-hydrogen) atoms. The van der Waals surface area contributed by atoms with Crippen LogP contribution in [0.15, 0.2) is 51.8 Å². The quantitative estimate of drug-likeness (QED) is 0.718. The molecule has 134 valence electrons. The summed E-state index contributed by atoms with van der Waals surface area (Å²) in [6.07, 6.45) is 5.71. The largest absolute Gasteiger partial charge is 0.445 e. The van der Waals surface area contributed by atoms with Crippen LogP contribution < -0.4 is 0 Å². The van der Waals surface area contributed by atoms with Gasteiger partial charge in [0.2, 0.25) is 5.76 Å². The first-order valence-electron chi connectivity index (χ1n) is 8.88. The Bertz CT molecular complexity index is 885. The van der Waals surface area contributed by atoms with E-state index >= 15 is 0 Å². The highest BCUT2D eigenvalue weighted by Gasteiger charge is 2.30. The Labute approximate surface area is 151 Å². The molecule has 2 aromatic heterocycles. The van der Waals surface area contributed by atoms with Crippen molar-refractivity contribution in [3.05, 3.63) is 71.6 Å². The van der Waals surface area contributed by atoms with E-state index < -0.39 is 0 Å². The summed E-state index contributed by atoms with van der Waals surface area (Å²) in [5, 5.41) is 0. The summed E-state index contributed by atoms with van der Waals surface area (Å²) in [5.41, 5.74) is 1.81. The van der Waals surface area contributed by atoms with E-state index in [1.54, 1.807) is 13.1 Å². The van der Waals surface area contributed by atoms with Gasteiger partial charge in [0.25, 0.3) is 5.91 Å². The van der Waals surface area contributed by atoms with Crippen molar-refractivity contribution in [3.63, 3.8) is 0 Å². The van der Waals surface area contributed by atoms with Crippen LogP contribution >= 0.6 is 0 Å². The first-order valence-corrected chi connectivity index (χ1v) is 8.88. The number of hydrogen-bond donors (Lipinski definition) is 0. The van der Waals surface area contributed by atoms with E-state index in [1.165, 1.54) is 12.0 Å². The zero-order valence-corrected chi connectivity index (χ0v) is 14.7.